The molecular formula is C20H37NOSi. The maximum Gasteiger partial charge on any atom is 0.134 e. The first-order chi connectivity index (χ1) is 11.0. The van der Waals surface area contributed by atoms with E-state index in [1.807, 2.05) is 78.0 Å². The molecule has 132 valence electrons. The molecule has 0 fully saturated rings. The highest BCUT2D eigenvalue weighted by Crippen LogP contribution is 1.96. The third-order valence-corrected chi connectivity index (χ3v) is 2.55. The van der Waals surface area contributed by atoms with Crippen molar-refractivity contribution in [2.75, 3.05) is 0 Å². The molecule has 0 spiro atoms. The quantitative estimate of drug-likeness (QED) is 0.322. The van der Waals surface area contributed by atoms with Crippen molar-refractivity contribution in [2.24, 2.45) is 0 Å². The van der Waals surface area contributed by atoms with Gasteiger partial charge < -0.3 is 4.84 Å². The number of rotatable bonds is 3. The summed E-state index contributed by atoms with van der Waals surface area (Å²) in [7, 11) is -1.10. The fourth-order valence-electron chi connectivity index (χ4n) is 0.757. The third-order valence-electron chi connectivity index (χ3n) is 1.68. The summed E-state index contributed by atoms with van der Waals surface area (Å²) in [6.07, 6.45) is 12.0. The molecule has 0 saturated heterocycles. The Morgan fingerprint density at radius 3 is 1.61 bits per heavy atom. The van der Waals surface area contributed by atoms with E-state index in [4.69, 9.17) is 12.8 Å². The minimum atomic E-state index is -1.10. The number of terminal acetylenes is 2. The molecule has 1 aromatic carbocycles. The summed E-state index contributed by atoms with van der Waals surface area (Å²) in [5.41, 5.74) is 6.50. The summed E-state index contributed by atoms with van der Waals surface area (Å²) in [6.45, 7) is 19.1. The van der Waals surface area contributed by atoms with Gasteiger partial charge in [-0.25, -0.2) is 0 Å². The van der Waals surface area contributed by atoms with Gasteiger partial charge in [-0.2, -0.15) is 0 Å². The zero-order valence-electron chi connectivity index (χ0n) is 16.7. The molecule has 1 N–H and O–H groups in total. The van der Waals surface area contributed by atoms with E-state index >= 15 is 0 Å². The van der Waals surface area contributed by atoms with Crippen LogP contribution >= 0.6 is 0 Å². The van der Waals surface area contributed by atoms with E-state index in [9.17, 15) is 0 Å². The maximum atomic E-state index is 5.12. The van der Waals surface area contributed by atoms with Gasteiger partial charge in [-0.1, -0.05) is 97.9 Å². The predicted octanol–water partition coefficient (Wildman–Crippen LogP) is 5.87. The number of hydrogen-bond donors (Lipinski definition) is 1. The van der Waals surface area contributed by atoms with Crippen molar-refractivity contribution in [1.82, 2.24) is 5.48 Å². The van der Waals surface area contributed by atoms with E-state index < -0.39 is 8.07 Å². The van der Waals surface area contributed by atoms with Crippen LogP contribution in [0.25, 0.3) is 0 Å². The lowest BCUT2D eigenvalue weighted by Crippen LogP contribution is -2.15. The molecule has 0 unspecified atom stereocenters. The lowest BCUT2D eigenvalue weighted by Gasteiger charge is -2.00. The Morgan fingerprint density at radius 1 is 0.913 bits per heavy atom. The molecule has 3 heteroatoms. The molecule has 0 heterocycles. The van der Waals surface area contributed by atoms with Crippen LogP contribution in [0.3, 0.4) is 0 Å². The molecule has 0 aromatic heterocycles. The molecule has 1 rings (SSSR count). The van der Waals surface area contributed by atoms with Crippen LogP contribution in [0.2, 0.25) is 19.6 Å². The van der Waals surface area contributed by atoms with Gasteiger partial charge in [0.05, 0.1) is 6.54 Å². The monoisotopic (exact) mass is 335 g/mol. The number of hydrogen-bond acceptors (Lipinski definition) is 2. The summed E-state index contributed by atoms with van der Waals surface area (Å²) in [5, 5.41) is 0. The molecule has 0 saturated carbocycles. The Hall–Kier alpha value is -1.68. The van der Waals surface area contributed by atoms with Crippen molar-refractivity contribution >= 4 is 8.07 Å². The minimum absolute atomic E-state index is 0.630. The molecule has 0 aliphatic rings. The highest BCUT2D eigenvalue weighted by atomic mass is 28.3. The van der Waals surface area contributed by atoms with E-state index in [1.54, 1.807) is 0 Å². The Kier molecular flexibility index (Phi) is 32.3. The van der Waals surface area contributed by atoms with Crippen molar-refractivity contribution in [3.8, 4) is 24.5 Å². The fraction of sp³-hybridized carbons (Fsp3) is 0.500. The molecule has 2 nitrogen and oxygen atoms in total. The Balaban J connectivity index is -0.000000129. The van der Waals surface area contributed by atoms with Crippen LogP contribution in [0, 0.1) is 24.5 Å². The van der Waals surface area contributed by atoms with E-state index in [0.717, 1.165) is 5.56 Å². The van der Waals surface area contributed by atoms with Gasteiger partial charge in [0.1, 0.15) is 14.2 Å². The molecule has 0 aliphatic carbocycles. The normalized spacial score (nSPS) is 7.61. The van der Waals surface area contributed by atoms with Crippen LogP contribution in [0.1, 0.15) is 47.1 Å². The first-order valence-corrected chi connectivity index (χ1v) is 11.9. The van der Waals surface area contributed by atoms with Crippen LogP contribution in [-0.4, -0.2) is 8.07 Å². The topological polar surface area (TPSA) is 21.3 Å². The molecule has 0 amide bonds. The number of benzene rings is 1. The zero-order chi connectivity index (χ0) is 19.1. The average molecular weight is 336 g/mol. The van der Waals surface area contributed by atoms with Crippen molar-refractivity contribution in [1.29, 1.82) is 0 Å². The SMILES string of the molecule is C#CONCc1ccccc1.C#C[Si](C)(C)C.CC.CC.CC. The second-order valence-corrected chi connectivity index (χ2v) is 9.21. The molecule has 1 aromatic rings. The minimum Gasteiger partial charge on any atom is -0.356 e. The van der Waals surface area contributed by atoms with Crippen LogP contribution in [-0.2, 0) is 11.4 Å². The summed E-state index contributed by atoms with van der Waals surface area (Å²) in [6, 6.07) is 9.88. The highest BCUT2D eigenvalue weighted by molar-refractivity contribution is 6.83. The van der Waals surface area contributed by atoms with Gasteiger partial charge in [0.25, 0.3) is 0 Å². The van der Waals surface area contributed by atoms with E-state index in [-0.39, 0.29) is 0 Å². The zero-order valence-corrected chi connectivity index (χ0v) is 17.7. The first-order valence-electron chi connectivity index (χ1n) is 8.35. The fourth-order valence-corrected chi connectivity index (χ4v) is 0.757. The summed E-state index contributed by atoms with van der Waals surface area (Å²) < 4.78 is 0. The molecule has 0 atom stereocenters. The standard InChI is InChI=1S/C9H9NO.C5H10Si.3C2H6/c1-2-11-10-8-9-6-4-3-5-7-9;1-5-6(2,3)4;3*1-2/h1,3-7,10H,8H2;1H,2-4H3;3*1-2H3. The largest absolute Gasteiger partial charge is 0.356 e. The van der Waals surface area contributed by atoms with Crippen molar-refractivity contribution in [3.05, 3.63) is 35.9 Å². The molecular weight excluding hydrogens is 298 g/mol. The highest BCUT2D eigenvalue weighted by Gasteiger charge is 2.05. The second-order valence-electron chi connectivity index (χ2n) is 4.42. The van der Waals surface area contributed by atoms with Gasteiger partial charge in [-0.15, -0.1) is 17.4 Å². The number of hydroxylamine groups is 1. The van der Waals surface area contributed by atoms with Crippen molar-refractivity contribution in [3.63, 3.8) is 0 Å². The molecule has 23 heavy (non-hydrogen) atoms. The van der Waals surface area contributed by atoms with Gasteiger partial charge in [0, 0.05) is 0 Å². The van der Waals surface area contributed by atoms with E-state index in [2.05, 4.69) is 35.5 Å². The van der Waals surface area contributed by atoms with Gasteiger partial charge in [0.2, 0.25) is 0 Å². The molecule has 0 radical (unpaired) electrons. The number of nitrogens with one attached hydrogen (secondary N) is 1. The van der Waals surface area contributed by atoms with Crippen LogP contribution in [0.5, 0.6) is 0 Å². The first kappa shape index (κ1) is 29.3. The van der Waals surface area contributed by atoms with Gasteiger partial charge >= 0.3 is 0 Å². The van der Waals surface area contributed by atoms with Gasteiger partial charge in [0.15, 0.2) is 0 Å². The van der Waals surface area contributed by atoms with Gasteiger partial charge in [-0.05, 0) is 5.56 Å². The summed E-state index contributed by atoms with van der Waals surface area (Å²) in [4.78, 5) is 4.52. The molecule has 0 bridgehead atoms. The van der Waals surface area contributed by atoms with Crippen molar-refractivity contribution in [2.45, 2.75) is 67.7 Å². The van der Waals surface area contributed by atoms with Crippen LogP contribution < -0.4 is 5.48 Å². The molecule has 0 aliphatic heterocycles. The van der Waals surface area contributed by atoms with Crippen molar-refractivity contribution < 1.29 is 4.84 Å². The average Bonchev–Trinajstić information content (AvgIpc) is 2.61. The summed E-state index contributed by atoms with van der Waals surface area (Å²) >= 11 is 0. The van der Waals surface area contributed by atoms with E-state index in [0.29, 0.717) is 6.54 Å². The van der Waals surface area contributed by atoms with Gasteiger partial charge in [-0.3, -0.25) is 0 Å². The second kappa shape index (κ2) is 25.3. The lowest BCUT2D eigenvalue weighted by molar-refractivity contribution is 0.153. The van der Waals surface area contributed by atoms with Crippen LogP contribution in [0.15, 0.2) is 30.3 Å². The predicted molar refractivity (Wildman–Crippen MR) is 109 cm³/mol. The maximum absolute atomic E-state index is 5.12. The Bertz CT molecular complexity index is 383. The van der Waals surface area contributed by atoms with E-state index in [1.165, 1.54) is 0 Å². The summed E-state index contributed by atoms with van der Waals surface area (Å²) in [5.74, 6) is 0. The third kappa shape index (κ3) is 33.3. The smallest absolute Gasteiger partial charge is 0.134 e. The Morgan fingerprint density at radius 2 is 1.30 bits per heavy atom. The lowest BCUT2D eigenvalue weighted by atomic mass is 10.2. The Labute approximate surface area is 147 Å². The van der Waals surface area contributed by atoms with Crippen LogP contribution in [0.4, 0.5) is 0 Å².